The maximum Gasteiger partial charge on any atom is 0.341 e. The molecular weight excluding hydrogens is 391 g/mol. The zero-order valence-corrected chi connectivity index (χ0v) is 19.0. The first-order valence-electron chi connectivity index (χ1n) is 11.8. The van der Waals surface area contributed by atoms with Crippen LogP contribution in [0.4, 0.5) is 4.39 Å². The van der Waals surface area contributed by atoms with E-state index in [-0.39, 0.29) is 12.0 Å². The molecule has 31 heavy (non-hydrogen) atoms. The zero-order valence-electron chi connectivity index (χ0n) is 19.0. The Balaban J connectivity index is 1.51. The Kier molecular flexibility index (Phi) is 8.56. The molecule has 0 bridgehead atoms. The lowest BCUT2D eigenvalue weighted by Gasteiger charge is -2.29. The molecule has 2 aromatic rings. The Morgan fingerprint density at radius 1 is 1.10 bits per heavy atom. The quantitative estimate of drug-likeness (QED) is 0.433. The van der Waals surface area contributed by atoms with Gasteiger partial charge < -0.3 is 4.74 Å². The Morgan fingerprint density at radius 3 is 2.32 bits per heavy atom. The molecule has 0 radical (unpaired) electrons. The molecule has 4 nitrogen and oxygen atoms in total. The number of carbonyl (C=O) groups is 1. The van der Waals surface area contributed by atoms with Gasteiger partial charge in [-0.25, -0.2) is 19.2 Å². The molecule has 0 aliphatic heterocycles. The third-order valence-corrected chi connectivity index (χ3v) is 6.49. The van der Waals surface area contributed by atoms with Crippen LogP contribution in [-0.4, -0.2) is 28.2 Å². The van der Waals surface area contributed by atoms with E-state index >= 15 is 0 Å². The fraction of sp³-hybridized carbons (Fsp3) is 0.577. The highest BCUT2D eigenvalue weighted by Crippen LogP contribution is 2.35. The van der Waals surface area contributed by atoms with Gasteiger partial charge in [0.1, 0.15) is 6.10 Å². The van der Waals surface area contributed by atoms with Crippen LogP contribution in [0, 0.1) is 5.92 Å². The predicted molar refractivity (Wildman–Crippen MR) is 122 cm³/mol. The van der Waals surface area contributed by atoms with Gasteiger partial charge in [-0.05, 0) is 61.5 Å². The van der Waals surface area contributed by atoms with E-state index in [4.69, 9.17) is 4.74 Å². The zero-order chi connectivity index (χ0) is 22.2. The van der Waals surface area contributed by atoms with Crippen molar-refractivity contribution in [3.63, 3.8) is 0 Å². The molecule has 1 aromatic heterocycles. The molecule has 0 N–H and O–H groups in total. The van der Waals surface area contributed by atoms with Crippen LogP contribution >= 0.6 is 0 Å². The number of aryl methyl sites for hydroxylation is 1. The minimum absolute atomic E-state index is 0.162. The van der Waals surface area contributed by atoms with Crippen LogP contribution in [0.5, 0.6) is 0 Å². The number of nitrogens with zero attached hydrogens (tertiary/aromatic N) is 2. The summed E-state index contributed by atoms with van der Waals surface area (Å²) in [5.41, 5.74) is 3.49. The first kappa shape index (κ1) is 23.4. The molecule has 0 saturated heterocycles. The topological polar surface area (TPSA) is 52.1 Å². The second-order valence-electron chi connectivity index (χ2n) is 8.84. The molecule has 1 aliphatic rings. The van der Waals surface area contributed by atoms with E-state index in [1.54, 1.807) is 6.92 Å². The largest absolute Gasteiger partial charge is 0.460 e. The van der Waals surface area contributed by atoms with Gasteiger partial charge in [0, 0.05) is 18.0 Å². The van der Waals surface area contributed by atoms with Gasteiger partial charge >= 0.3 is 5.97 Å². The van der Waals surface area contributed by atoms with Crippen molar-refractivity contribution in [2.75, 3.05) is 0 Å². The summed E-state index contributed by atoms with van der Waals surface area (Å²) in [5, 5.41) is 0. The molecule has 168 valence electrons. The van der Waals surface area contributed by atoms with Gasteiger partial charge in [0.25, 0.3) is 0 Å². The van der Waals surface area contributed by atoms with E-state index in [1.165, 1.54) is 17.5 Å². The molecule has 0 unspecified atom stereocenters. The molecule has 1 aliphatic carbocycles. The van der Waals surface area contributed by atoms with Gasteiger partial charge in [-0.3, -0.25) is 0 Å². The monoisotopic (exact) mass is 426 g/mol. The number of benzene rings is 1. The highest BCUT2D eigenvalue weighted by atomic mass is 19.1. The summed E-state index contributed by atoms with van der Waals surface area (Å²) >= 11 is 0. The SMILES string of the molecule is CCCCc1cnc(-c2ccc([C@H]3CC[C@H](OC(=O)[C@@H](F)[C@@H](C)CC)CC3)cc2)nc1. The fourth-order valence-corrected chi connectivity index (χ4v) is 4.10. The summed E-state index contributed by atoms with van der Waals surface area (Å²) in [6.45, 7) is 5.82. The minimum atomic E-state index is -1.52. The Morgan fingerprint density at radius 2 is 1.74 bits per heavy atom. The van der Waals surface area contributed by atoms with Crippen LogP contribution < -0.4 is 0 Å². The maximum atomic E-state index is 14.1. The third-order valence-electron chi connectivity index (χ3n) is 6.49. The second kappa shape index (κ2) is 11.4. The van der Waals surface area contributed by atoms with E-state index in [9.17, 15) is 9.18 Å². The van der Waals surface area contributed by atoms with E-state index in [1.807, 2.05) is 19.3 Å². The summed E-state index contributed by atoms with van der Waals surface area (Å²) in [4.78, 5) is 21.0. The van der Waals surface area contributed by atoms with Crippen molar-refractivity contribution in [1.82, 2.24) is 9.97 Å². The number of hydrogen-bond donors (Lipinski definition) is 0. The number of ether oxygens (including phenoxy) is 1. The lowest BCUT2D eigenvalue weighted by molar-refractivity contribution is -0.158. The normalized spacial score (nSPS) is 20.8. The van der Waals surface area contributed by atoms with Crippen molar-refractivity contribution in [2.45, 2.75) is 90.3 Å². The van der Waals surface area contributed by atoms with Crippen molar-refractivity contribution in [3.8, 4) is 11.4 Å². The molecule has 0 amide bonds. The van der Waals surface area contributed by atoms with Crippen molar-refractivity contribution in [2.24, 2.45) is 5.92 Å². The van der Waals surface area contributed by atoms with Crippen molar-refractivity contribution in [3.05, 3.63) is 47.8 Å². The number of halogens is 1. The smallest absolute Gasteiger partial charge is 0.341 e. The van der Waals surface area contributed by atoms with Crippen molar-refractivity contribution < 1.29 is 13.9 Å². The average Bonchev–Trinajstić information content (AvgIpc) is 2.82. The second-order valence-corrected chi connectivity index (χ2v) is 8.84. The fourth-order valence-electron chi connectivity index (χ4n) is 4.10. The number of esters is 1. The standard InChI is InChI=1S/C26H35FN2O2/c1-4-6-7-19-16-28-25(29-17-19)22-10-8-20(9-11-22)21-12-14-23(15-13-21)31-26(30)24(27)18(3)5-2/h8-11,16-18,21,23-24H,4-7,12-15H2,1-3H3/t18-,21-,23-,24-/m0/s1. The third kappa shape index (κ3) is 6.34. The number of rotatable bonds is 9. The van der Waals surface area contributed by atoms with E-state index in [0.717, 1.165) is 49.9 Å². The molecule has 2 atom stereocenters. The molecular formula is C26H35FN2O2. The first-order valence-corrected chi connectivity index (χ1v) is 11.8. The number of hydrogen-bond acceptors (Lipinski definition) is 4. The van der Waals surface area contributed by atoms with E-state index < -0.39 is 12.1 Å². The van der Waals surface area contributed by atoms with Gasteiger partial charge in [-0.15, -0.1) is 0 Å². The van der Waals surface area contributed by atoms with Gasteiger partial charge in [0.15, 0.2) is 12.0 Å². The number of alkyl halides is 1. The molecule has 1 aromatic carbocycles. The van der Waals surface area contributed by atoms with Gasteiger partial charge in [-0.1, -0.05) is 57.9 Å². The molecule has 3 rings (SSSR count). The highest BCUT2D eigenvalue weighted by Gasteiger charge is 2.30. The van der Waals surface area contributed by atoms with E-state index in [2.05, 4.69) is 41.2 Å². The van der Waals surface area contributed by atoms with Crippen LogP contribution in [0.2, 0.25) is 0 Å². The minimum Gasteiger partial charge on any atom is -0.460 e. The summed E-state index contributed by atoms with van der Waals surface area (Å²) < 4.78 is 19.5. The Bertz CT molecular complexity index is 814. The summed E-state index contributed by atoms with van der Waals surface area (Å²) in [6, 6.07) is 8.48. The lowest BCUT2D eigenvalue weighted by atomic mass is 9.82. The van der Waals surface area contributed by atoms with Crippen LogP contribution in [0.15, 0.2) is 36.7 Å². The van der Waals surface area contributed by atoms with E-state index in [0.29, 0.717) is 12.3 Å². The molecule has 1 saturated carbocycles. The Labute approximate surface area is 185 Å². The van der Waals surface area contributed by atoms with Gasteiger partial charge in [0.05, 0.1) is 0 Å². The lowest BCUT2D eigenvalue weighted by Crippen LogP contribution is -2.31. The van der Waals surface area contributed by atoms with Crippen LogP contribution in [0.3, 0.4) is 0 Å². The van der Waals surface area contributed by atoms with Crippen molar-refractivity contribution in [1.29, 1.82) is 0 Å². The average molecular weight is 427 g/mol. The molecule has 5 heteroatoms. The van der Waals surface area contributed by atoms with Gasteiger partial charge in [0.2, 0.25) is 0 Å². The number of aromatic nitrogens is 2. The molecule has 0 spiro atoms. The summed E-state index contributed by atoms with van der Waals surface area (Å²) in [5.74, 6) is 0.211. The molecule has 1 heterocycles. The summed E-state index contributed by atoms with van der Waals surface area (Å²) in [7, 11) is 0. The highest BCUT2D eigenvalue weighted by molar-refractivity contribution is 5.75. The first-order chi connectivity index (χ1) is 15.0. The van der Waals surface area contributed by atoms with Crippen LogP contribution in [0.25, 0.3) is 11.4 Å². The Hall–Kier alpha value is -2.30. The van der Waals surface area contributed by atoms with Crippen LogP contribution in [-0.2, 0) is 16.0 Å². The van der Waals surface area contributed by atoms with Crippen LogP contribution in [0.1, 0.15) is 82.8 Å². The number of unbranched alkanes of at least 4 members (excludes halogenated alkanes) is 1. The number of carbonyl (C=O) groups excluding carboxylic acids is 1. The van der Waals surface area contributed by atoms with Gasteiger partial charge in [-0.2, -0.15) is 0 Å². The summed E-state index contributed by atoms with van der Waals surface area (Å²) in [6.07, 6.45) is 9.62. The maximum absolute atomic E-state index is 14.1. The van der Waals surface area contributed by atoms with Crippen molar-refractivity contribution >= 4 is 5.97 Å². The molecule has 1 fully saturated rings. The predicted octanol–water partition coefficient (Wildman–Crippen LogP) is 6.44.